The van der Waals surface area contributed by atoms with Crippen LogP contribution in [-0.4, -0.2) is 30.8 Å². The Hall–Kier alpha value is -1.59. The number of aliphatic hydroxyl groups excluding tert-OH is 1. The van der Waals surface area contributed by atoms with E-state index in [1.54, 1.807) is 31.4 Å². The third-order valence-corrected chi connectivity index (χ3v) is 1.87. The Balaban J connectivity index is 2.68. The summed E-state index contributed by atoms with van der Waals surface area (Å²) < 4.78 is 4.99. The van der Waals surface area contributed by atoms with Gasteiger partial charge in [0.05, 0.1) is 13.7 Å². The van der Waals surface area contributed by atoms with Gasteiger partial charge in [-0.2, -0.15) is 0 Å². The van der Waals surface area contributed by atoms with Crippen molar-refractivity contribution >= 4 is 11.6 Å². The number of anilines is 1. The fourth-order valence-electron chi connectivity index (χ4n) is 1.02. The van der Waals surface area contributed by atoms with Gasteiger partial charge in [0.2, 0.25) is 5.91 Å². The van der Waals surface area contributed by atoms with Crippen molar-refractivity contribution in [2.75, 3.05) is 19.0 Å². The monoisotopic (exact) mass is 210 g/mol. The van der Waals surface area contributed by atoms with Gasteiger partial charge in [-0.25, -0.2) is 0 Å². The van der Waals surface area contributed by atoms with Crippen molar-refractivity contribution in [2.24, 2.45) is 5.73 Å². The van der Waals surface area contributed by atoms with E-state index in [9.17, 15) is 4.79 Å². The first-order chi connectivity index (χ1) is 7.17. The number of benzene rings is 1. The Morgan fingerprint density at radius 3 is 3.00 bits per heavy atom. The largest absolute Gasteiger partial charge is 0.497 e. The van der Waals surface area contributed by atoms with Crippen molar-refractivity contribution in [3.63, 3.8) is 0 Å². The minimum atomic E-state index is -0.906. The molecule has 0 heterocycles. The lowest BCUT2D eigenvalue weighted by atomic mass is 10.2. The molecule has 0 aliphatic carbocycles. The van der Waals surface area contributed by atoms with Crippen LogP contribution in [0.5, 0.6) is 5.75 Å². The normalized spacial score (nSPS) is 11.9. The van der Waals surface area contributed by atoms with Crippen LogP contribution in [-0.2, 0) is 4.79 Å². The quantitative estimate of drug-likeness (QED) is 0.650. The second kappa shape index (κ2) is 5.33. The maximum atomic E-state index is 11.3. The van der Waals surface area contributed by atoms with Crippen molar-refractivity contribution < 1.29 is 14.6 Å². The van der Waals surface area contributed by atoms with Gasteiger partial charge in [-0.1, -0.05) is 6.07 Å². The van der Waals surface area contributed by atoms with E-state index in [4.69, 9.17) is 15.6 Å². The first kappa shape index (κ1) is 11.5. The smallest absolute Gasteiger partial charge is 0.243 e. The highest BCUT2D eigenvalue weighted by Gasteiger charge is 2.11. The zero-order chi connectivity index (χ0) is 11.3. The Kier molecular flexibility index (Phi) is 4.08. The lowest BCUT2D eigenvalue weighted by Gasteiger charge is -2.10. The molecule has 0 saturated carbocycles. The van der Waals surface area contributed by atoms with Crippen molar-refractivity contribution in [3.8, 4) is 5.75 Å². The molecule has 0 aliphatic rings. The fraction of sp³-hybridized carbons (Fsp3) is 0.300. The molecular weight excluding hydrogens is 196 g/mol. The molecule has 4 N–H and O–H groups in total. The summed E-state index contributed by atoms with van der Waals surface area (Å²) in [6, 6.07) is 5.99. The molecule has 0 spiro atoms. The lowest BCUT2D eigenvalue weighted by Crippen LogP contribution is -2.38. The molecular formula is C10H14N2O3. The maximum absolute atomic E-state index is 11.3. The van der Waals surface area contributed by atoms with E-state index < -0.39 is 11.9 Å². The number of hydrogen-bond acceptors (Lipinski definition) is 4. The van der Waals surface area contributed by atoms with Crippen molar-refractivity contribution in [1.29, 1.82) is 0 Å². The van der Waals surface area contributed by atoms with Crippen LogP contribution in [0.4, 0.5) is 5.69 Å². The number of hydrogen-bond donors (Lipinski definition) is 3. The summed E-state index contributed by atoms with van der Waals surface area (Å²) in [6.45, 7) is -0.379. The van der Waals surface area contributed by atoms with Crippen LogP contribution in [0.25, 0.3) is 0 Å². The molecule has 0 aliphatic heterocycles. The van der Waals surface area contributed by atoms with Crippen LogP contribution < -0.4 is 15.8 Å². The number of amides is 1. The molecule has 0 bridgehead atoms. The maximum Gasteiger partial charge on any atom is 0.243 e. The minimum Gasteiger partial charge on any atom is -0.497 e. The Bertz CT molecular complexity index is 341. The topological polar surface area (TPSA) is 84.6 Å². The summed E-state index contributed by atoms with van der Waals surface area (Å²) in [7, 11) is 1.54. The van der Waals surface area contributed by atoms with Gasteiger partial charge < -0.3 is 20.9 Å². The second-order valence-corrected chi connectivity index (χ2v) is 3.01. The molecule has 1 unspecified atom stereocenters. The van der Waals surface area contributed by atoms with E-state index >= 15 is 0 Å². The first-order valence-electron chi connectivity index (χ1n) is 4.48. The molecule has 15 heavy (non-hydrogen) atoms. The van der Waals surface area contributed by atoms with Crippen LogP contribution in [0.1, 0.15) is 0 Å². The third-order valence-electron chi connectivity index (χ3n) is 1.87. The summed E-state index contributed by atoms with van der Waals surface area (Å²) in [5, 5.41) is 11.2. The molecule has 0 aromatic heterocycles. The van der Waals surface area contributed by atoms with E-state index in [0.717, 1.165) is 0 Å². The number of aliphatic hydroxyl groups is 1. The lowest BCUT2D eigenvalue weighted by molar-refractivity contribution is -0.118. The van der Waals surface area contributed by atoms with Crippen molar-refractivity contribution in [2.45, 2.75) is 6.04 Å². The predicted octanol–water partition coefficient (Wildman–Crippen LogP) is -0.0467. The molecule has 1 aromatic carbocycles. The molecule has 1 aromatic rings. The zero-order valence-electron chi connectivity index (χ0n) is 8.43. The van der Waals surface area contributed by atoms with Crippen LogP contribution in [0, 0.1) is 0 Å². The summed E-state index contributed by atoms with van der Waals surface area (Å²) in [5.74, 6) is 0.219. The number of rotatable bonds is 4. The van der Waals surface area contributed by atoms with E-state index in [-0.39, 0.29) is 6.61 Å². The summed E-state index contributed by atoms with van der Waals surface area (Å²) in [4.78, 5) is 11.3. The van der Waals surface area contributed by atoms with E-state index in [0.29, 0.717) is 11.4 Å². The molecule has 0 fully saturated rings. The van der Waals surface area contributed by atoms with Crippen LogP contribution in [0.3, 0.4) is 0 Å². The van der Waals surface area contributed by atoms with Gasteiger partial charge in [-0.3, -0.25) is 4.79 Å². The Labute approximate surface area is 87.9 Å². The predicted molar refractivity (Wildman–Crippen MR) is 56.7 cm³/mol. The fourth-order valence-corrected chi connectivity index (χ4v) is 1.02. The number of ether oxygens (including phenoxy) is 1. The number of nitrogens with two attached hydrogens (primary N) is 1. The highest BCUT2D eigenvalue weighted by atomic mass is 16.5. The van der Waals surface area contributed by atoms with Gasteiger partial charge in [-0.05, 0) is 12.1 Å². The SMILES string of the molecule is COc1cccc(NC(=O)C(N)CO)c1. The average Bonchev–Trinajstić information content (AvgIpc) is 2.28. The van der Waals surface area contributed by atoms with Gasteiger partial charge in [0.1, 0.15) is 11.8 Å². The molecule has 1 amide bonds. The molecule has 0 radical (unpaired) electrons. The first-order valence-corrected chi connectivity index (χ1v) is 4.48. The number of methoxy groups -OCH3 is 1. The second-order valence-electron chi connectivity index (χ2n) is 3.01. The highest BCUT2D eigenvalue weighted by Crippen LogP contribution is 2.16. The number of carbonyl (C=O) groups excluding carboxylic acids is 1. The Morgan fingerprint density at radius 1 is 1.67 bits per heavy atom. The van der Waals surface area contributed by atoms with Crippen molar-refractivity contribution in [1.82, 2.24) is 0 Å². The molecule has 0 saturated heterocycles. The van der Waals surface area contributed by atoms with Crippen molar-refractivity contribution in [3.05, 3.63) is 24.3 Å². The van der Waals surface area contributed by atoms with E-state index in [2.05, 4.69) is 5.32 Å². The standard InChI is InChI=1S/C10H14N2O3/c1-15-8-4-2-3-7(5-8)12-10(14)9(11)6-13/h2-5,9,13H,6,11H2,1H3,(H,12,14). The van der Waals surface area contributed by atoms with E-state index in [1.807, 2.05) is 0 Å². The Morgan fingerprint density at radius 2 is 2.40 bits per heavy atom. The van der Waals surface area contributed by atoms with Gasteiger partial charge in [0, 0.05) is 11.8 Å². The average molecular weight is 210 g/mol. The van der Waals surface area contributed by atoms with Gasteiger partial charge in [0.15, 0.2) is 0 Å². The van der Waals surface area contributed by atoms with Gasteiger partial charge in [0.25, 0.3) is 0 Å². The third kappa shape index (κ3) is 3.23. The van der Waals surface area contributed by atoms with Crippen LogP contribution in [0.2, 0.25) is 0 Å². The van der Waals surface area contributed by atoms with Crippen LogP contribution in [0.15, 0.2) is 24.3 Å². The van der Waals surface area contributed by atoms with E-state index in [1.165, 1.54) is 0 Å². The molecule has 5 nitrogen and oxygen atoms in total. The van der Waals surface area contributed by atoms with Crippen LogP contribution >= 0.6 is 0 Å². The number of carbonyl (C=O) groups is 1. The minimum absolute atomic E-state index is 0.379. The molecule has 5 heteroatoms. The highest BCUT2D eigenvalue weighted by molar-refractivity contribution is 5.94. The zero-order valence-corrected chi connectivity index (χ0v) is 8.43. The summed E-state index contributed by atoms with van der Waals surface area (Å²) in [6.07, 6.45) is 0. The number of nitrogens with one attached hydrogen (secondary N) is 1. The van der Waals surface area contributed by atoms with Gasteiger partial charge in [-0.15, -0.1) is 0 Å². The summed E-state index contributed by atoms with van der Waals surface area (Å²) in [5.41, 5.74) is 5.93. The molecule has 1 atom stereocenters. The molecule has 82 valence electrons. The molecule has 1 rings (SSSR count). The van der Waals surface area contributed by atoms with Gasteiger partial charge >= 0.3 is 0 Å². The summed E-state index contributed by atoms with van der Waals surface area (Å²) >= 11 is 0.